The fraction of sp³-hybridized carbons (Fsp3) is 0.706. The minimum Gasteiger partial charge on any atom is -0.444 e. The van der Waals surface area contributed by atoms with Crippen molar-refractivity contribution in [1.82, 2.24) is 14.9 Å². The average Bonchev–Trinajstić information content (AvgIpc) is 2.48. The van der Waals surface area contributed by atoms with Crippen molar-refractivity contribution in [3.05, 3.63) is 16.9 Å². The van der Waals surface area contributed by atoms with Gasteiger partial charge in [-0.15, -0.1) is 0 Å². The number of carbonyl (C=O) groups is 1. The third-order valence-electron chi connectivity index (χ3n) is 3.98. The van der Waals surface area contributed by atoms with E-state index in [1.54, 1.807) is 6.20 Å². The Hall–Kier alpha value is -1.56. The molecule has 0 aliphatic carbocycles. The second-order valence-corrected chi connectivity index (χ2v) is 7.71. The predicted molar refractivity (Wildman–Crippen MR) is 95.6 cm³/mol. The van der Waals surface area contributed by atoms with Crippen LogP contribution in [0.3, 0.4) is 0 Å². The van der Waals surface area contributed by atoms with Crippen molar-refractivity contribution in [3.63, 3.8) is 0 Å². The van der Waals surface area contributed by atoms with Crippen molar-refractivity contribution in [2.45, 2.75) is 58.6 Å². The van der Waals surface area contributed by atoms with E-state index in [0.29, 0.717) is 17.6 Å². The Balaban J connectivity index is 2.07. The first-order chi connectivity index (χ1) is 11.2. The van der Waals surface area contributed by atoms with Crippen LogP contribution in [0.2, 0.25) is 5.15 Å². The largest absolute Gasteiger partial charge is 0.444 e. The zero-order valence-electron chi connectivity index (χ0n) is 15.2. The van der Waals surface area contributed by atoms with Gasteiger partial charge in [-0.1, -0.05) is 11.6 Å². The summed E-state index contributed by atoms with van der Waals surface area (Å²) >= 11 is 6.09. The molecule has 7 heteroatoms. The van der Waals surface area contributed by atoms with Gasteiger partial charge < -0.3 is 14.5 Å². The van der Waals surface area contributed by atoms with E-state index in [9.17, 15) is 4.79 Å². The van der Waals surface area contributed by atoms with Gasteiger partial charge in [-0.25, -0.2) is 14.8 Å². The summed E-state index contributed by atoms with van der Waals surface area (Å²) in [6.45, 7) is 8.91. The normalized spacial score (nSPS) is 18.4. The number of ether oxygens (including phenoxy) is 1. The molecule has 1 aliphatic rings. The monoisotopic (exact) mass is 354 g/mol. The molecule has 0 aromatic carbocycles. The molecule has 1 aliphatic heterocycles. The molecule has 1 fully saturated rings. The molecule has 0 spiro atoms. The minimum absolute atomic E-state index is 0.0854. The number of likely N-dealkylation sites (N-methyl/N-ethyl adjacent to an activating group) is 1. The molecular formula is C17H27ClN4O2. The summed E-state index contributed by atoms with van der Waals surface area (Å²) in [4.78, 5) is 24.9. The highest BCUT2D eigenvalue weighted by Crippen LogP contribution is 2.22. The number of carbonyl (C=O) groups excluding carboxylic acids is 1. The van der Waals surface area contributed by atoms with Gasteiger partial charge in [-0.3, -0.25) is 0 Å². The second-order valence-electron chi connectivity index (χ2n) is 7.35. The first-order valence-corrected chi connectivity index (χ1v) is 8.75. The predicted octanol–water partition coefficient (Wildman–Crippen LogP) is 3.66. The van der Waals surface area contributed by atoms with Crippen LogP contribution >= 0.6 is 11.6 Å². The number of amides is 1. The van der Waals surface area contributed by atoms with Crippen LogP contribution in [-0.4, -0.2) is 52.7 Å². The summed E-state index contributed by atoms with van der Waals surface area (Å²) in [6, 6.07) is 0.0854. The van der Waals surface area contributed by atoms with E-state index in [1.165, 1.54) is 0 Å². The maximum absolute atomic E-state index is 12.5. The van der Waals surface area contributed by atoms with Crippen LogP contribution in [0.15, 0.2) is 6.20 Å². The zero-order valence-corrected chi connectivity index (χ0v) is 15.9. The topological polar surface area (TPSA) is 58.6 Å². The SMILES string of the molecule is Cc1cnc(N(C)C[C@@H]2CCCCN2C(=O)OC(C)(C)C)nc1Cl. The number of anilines is 1. The van der Waals surface area contributed by atoms with Gasteiger partial charge in [0, 0.05) is 31.9 Å². The van der Waals surface area contributed by atoms with Gasteiger partial charge in [-0.05, 0) is 47.0 Å². The van der Waals surface area contributed by atoms with Gasteiger partial charge in [0.15, 0.2) is 0 Å². The highest BCUT2D eigenvalue weighted by atomic mass is 35.5. The molecule has 1 aromatic heterocycles. The first kappa shape index (κ1) is 18.8. The van der Waals surface area contributed by atoms with Crippen LogP contribution in [0.1, 0.15) is 45.6 Å². The van der Waals surface area contributed by atoms with Gasteiger partial charge in [-0.2, -0.15) is 0 Å². The summed E-state index contributed by atoms with van der Waals surface area (Å²) in [6.07, 6.45) is 4.53. The van der Waals surface area contributed by atoms with E-state index >= 15 is 0 Å². The van der Waals surface area contributed by atoms with Crippen LogP contribution in [0.25, 0.3) is 0 Å². The molecule has 6 nitrogen and oxygen atoms in total. The first-order valence-electron chi connectivity index (χ1n) is 8.37. The lowest BCUT2D eigenvalue weighted by molar-refractivity contribution is 0.0108. The number of aromatic nitrogens is 2. The lowest BCUT2D eigenvalue weighted by Gasteiger charge is -2.38. The molecule has 1 aromatic rings. The molecule has 0 saturated carbocycles. The Morgan fingerprint density at radius 1 is 1.46 bits per heavy atom. The van der Waals surface area contributed by atoms with Crippen molar-refractivity contribution >= 4 is 23.6 Å². The molecule has 0 N–H and O–H groups in total. The molecule has 1 atom stereocenters. The molecule has 24 heavy (non-hydrogen) atoms. The Labute approximate surface area is 149 Å². The Morgan fingerprint density at radius 2 is 2.17 bits per heavy atom. The maximum Gasteiger partial charge on any atom is 0.410 e. The zero-order chi connectivity index (χ0) is 17.9. The molecule has 1 saturated heterocycles. The molecule has 0 radical (unpaired) electrons. The summed E-state index contributed by atoms with van der Waals surface area (Å²) in [5.41, 5.74) is 0.361. The van der Waals surface area contributed by atoms with Crippen molar-refractivity contribution in [3.8, 4) is 0 Å². The van der Waals surface area contributed by atoms with E-state index in [2.05, 4.69) is 9.97 Å². The van der Waals surface area contributed by atoms with Crippen molar-refractivity contribution in [1.29, 1.82) is 0 Å². The van der Waals surface area contributed by atoms with E-state index < -0.39 is 5.60 Å². The maximum atomic E-state index is 12.5. The summed E-state index contributed by atoms with van der Waals surface area (Å²) in [5.74, 6) is 0.570. The summed E-state index contributed by atoms with van der Waals surface area (Å²) < 4.78 is 5.55. The highest BCUT2D eigenvalue weighted by Gasteiger charge is 2.31. The van der Waals surface area contributed by atoms with Gasteiger partial charge in [0.1, 0.15) is 10.8 Å². The summed E-state index contributed by atoms with van der Waals surface area (Å²) in [7, 11) is 1.92. The molecular weight excluding hydrogens is 328 g/mol. The molecule has 2 rings (SSSR count). The van der Waals surface area contributed by atoms with Crippen LogP contribution in [0.5, 0.6) is 0 Å². The average molecular weight is 355 g/mol. The smallest absolute Gasteiger partial charge is 0.410 e. The third-order valence-corrected chi connectivity index (χ3v) is 4.36. The number of halogens is 1. The van der Waals surface area contributed by atoms with Crippen molar-refractivity contribution < 1.29 is 9.53 Å². The molecule has 0 bridgehead atoms. The van der Waals surface area contributed by atoms with E-state index in [0.717, 1.165) is 31.4 Å². The van der Waals surface area contributed by atoms with E-state index in [4.69, 9.17) is 16.3 Å². The highest BCUT2D eigenvalue weighted by molar-refractivity contribution is 6.30. The number of piperidine rings is 1. The van der Waals surface area contributed by atoms with Gasteiger partial charge >= 0.3 is 6.09 Å². The summed E-state index contributed by atoms with van der Waals surface area (Å²) in [5, 5.41) is 0.458. The molecule has 1 amide bonds. The fourth-order valence-corrected chi connectivity index (χ4v) is 2.87. The number of aryl methyl sites for hydroxylation is 1. The number of rotatable bonds is 3. The lowest BCUT2D eigenvalue weighted by Crippen LogP contribution is -2.50. The van der Waals surface area contributed by atoms with Gasteiger partial charge in [0.05, 0.1) is 6.04 Å². The Bertz CT molecular complexity index is 588. The number of likely N-dealkylation sites (tertiary alicyclic amines) is 1. The van der Waals surface area contributed by atoms with Crippen molar-refractivity contribution in [2.75, 3.05) is 25.0 Å². The molecule has 2 heterocycles. The van der Waals surface area contributed by atoms with Crippen LogP contribution in [-0.2, 0) is 4.74 Å². The van der Waals surface area contributed by atoms with Gasteiger partial charge in [0.25, 0.3) is 0 Å². The Kier molecular flexibility index (Phi) is 5.91. The van der Waals surface area contributed by atoms with E-state index in [1.807, 2.05) is 44.5 Å². The number of nitrogens with zero attached hydrogens (tertiary/aromatic N) is 4. The fourth-order valence-electron chi connectivity index (χ4n) is 2.75. The number of hydrogen-bond donors (Lipinski definition) is 0. The third kappa shape index (κ3) is 4.97. The lowest BCUT2D eigenvalue weighted by atomic mass is 10.0. The molecule has 0 unspecified atom stereocenters. The minimum atomic E-state index is -0.488. The quantitative estimate of drug-likeness (QED) is 0.775. The van der Waals surface area contributed by atoms with Crippen LogP contribution in [0.4, 0.5) is 10.7 Å². The van der Waals surface area contributed by atoms with Crippen molar-refractivity contribution in [2.24, 2.45) is 0 Å². The van der Waals surface area contributed by atoms with E-state index in [-0.39, 0.29) is 12.1 Å². The molecule has 134 valence electrons. The van der Waals surface area contributed by atoms with Crippen LogP contribution < -0.4 is 4.90 Å². The number of hydrogen-bond acceptors (Lipinski definition) is 5. The standard InChI is InChI=1S/C17H27ClN4O2/c1-12-10-19-15(20-14(12)18)21(5)11-13-8-6-7-9-22(13)16(23)24-17(2,3)4/h10,13H,6-9,11H2,1-5H3/t13-/m0/s1. The van der Waals surface area contributed by atoms with Crippen LogP contribution in [0, 0.1) is 6.92 Å². The Morgan fingerprint density at radius 3 is 2.79 bits per heavy atom. The van der Waals surface area contributed by atoms with Gasteiger partial charge in [0.2, 0.25) is 5.95 Å². The second kappa shape index (κ2) is 7.55.